The van der Waals surface area contributed by atoms with Crippen LogP contribution in [0, 0.1) is 0 Å². The summed E-state index contributed by atoms with van der Waals surface area (Å²) >= 11 is 0. The Morgan fingerprint density at radius 2 is 1.49 bits per heavy atom. The number of nitrogens with one attached hydrogen (secondary N) is 1. The summed E-state index contributed by atoms with van der Waals surface area (Å²) < 4.78 is 5.87. The monoisotopic (exact) mass is 466 g/mol. The molecule has 0 spiro atoms. The minimum atomic E-state index is -1.24. The molecule has 0 radical (unpaired) electrons. The van der Waals surface area contributed by atoms with Gasteiger partial charge in [0.15, 0.2) is 5.54 Å². The predicted molar refractivity (Wildman–Crippen MR) is 134 cm³/mol. The largest absolute Gasteiger partial charge is 0.490 e. The number of amides is 3. The minimum absolute atomic E-state index is 0.0535. The minimum Gasteiger partial charge on any atom is -0.490 e. The van der Waals surface area contributed by atoms with E-state index in [-0.39, 0.29) is 19.1 Å². The fraction of sp³-hybridized carbons (Fsp3) is 0.172. The number of rotatable bonds is 8. The third kappa shape index (κ3) is 4.48. The molecule has 35 heavy (non-hydrogen) atoms. The second kappa shape index (κ2) is 9.60. The highest BCUT2D eigenvalue weighted by Gasteiger charge is 2.52. The van der Waals surface area contributed by atoms with Crippen molar-refractivity contribution in [2.45, 2.75) is 18.1 Å². The summed E-state index contributed by atoms with van der Waals surface area (Å²) in [5, 5.41) is 15.6. The SMILES string of the molecule is O=C1N[C@](Cc2ccccc2)(c2ccccc2)C(=O)N1C[C@@H](O)COc1cccc2ccccc12. The molecule has 0 aliphatic carbocycles. The molecule has 3 amide bonds. The van der Waals surface area contributed by atoms with E-state index in [1.165, 1.54) is 0 Å². The van der Waals surface area contributed by atoms with Crippen molar-refractivity contribution < 1.29 is 19.4 Å². The Kier molecular flexibility index (Phi) is 6.21. The third-order valence-electron chi connectivity index (χ3n) is 6.33. The van der Waals surface area contributed by atoms with Crippen LogP contribution >= 0.6 is 0 Å². The molecule has 1 heterocycles. The molecule has 1 fully saturated rings. The van der Waals surface area contributed by atoms with Crippen molar-refractivity contribution in [2.24, 2.45) is 0 Å². The van der Waals surface area contributed by atoms with E-state index in [1.54, 1.807) is 0 Å². The number of hydrogen-bond donors (Lipinski definition) is 2. The van der Waals surface area contributed by atoms with Gasteiger partial charge in [0.1, 0.15) is 18.5 Å². The van der Waals surface area contributed by atoms with Gasteiger partial charge in [0.25, 0.3) is 5.91 Å². The van der Waals surface area contributed by atoms with Gasteiger partial charge in [-0.3, -0.25) is 9.69 Å². The summed E-state index contributed by atoms with van der Waals surface area (Å²) in [7, 11) is 0. The van der Waals surface area contributed by atoms with Gasteiger partial charge in [0.2, 0.25) is 0 Å². The Hall–Kier alpha value is -4.16. The van der Waals surface area contributed by atoms with Gasteiger partial charge < -0.3 is 15.2 Å². The first-order chi connectivity index (χ1) is 17.1. The molecule has 4 aromatic carbocycles. The molecule has 4 aromatic rings. The average molecular weight is 467 g/mol. The normalized spacial score (nSPS) is 18.5. The molecule has 5 rings (SSSR count). The molecule has 0 aromatic heterocycles. The molecule has 0 saturated carbocycles. The van der Waals surface area contributed by atoms with Crippen LogP contribution in [0.1, 0.15) is 11.1 Å². The van der Waals surface area contributed by atoms with E-state index in [0.717, 1.165) is 21.2 Å². The number of fused-ring (bicyclic) bond motifs is 1. The number of hydrogen-bond acceptors (Lipinski definition) is 4. The molecule has 1 aliphatic heterocycles. The summed E-state index contributed by atoms with van der Waals surface area (Å²) in [5.74, 6) is 0.254. The highest BCUT2D eigenvalue weighted by Crippen LogP contribution is 2.33. The van der Waals surface area contributed by atoms with Crippen LogP contribution in [0.5, 0.6) is 5.75 Å². The Bertz CT molecular complexity index is 1340. The smallest absolute Gasteiger partial charge is 0.325 e. The zero-order chi connectivity index (χ0) is 24.3. The van der Waals surface area contributed by atoms with Gasteiger partial charge in [0, 0.05) is 11.8 Å². The molecule has 6 heteroatoms. The van der Waals surface area contributed by atoms with E-state index in [4.69, 9.17) is 4.74 Å². The predicted octanol–water partition coefficient (Wildman–Crippen LogP) is 4.27. The fourth-order valence-corrected chi connectivity index (χ4v) is 4.61. The molecule has 2 atom stereocenters. The molecular weight excluding hydrogens is 440 g/mol. The van der Waals surface area contributed by atoms with Crippen molar-refractivity contribution in [2.75, 3.05) is 13.2 Å². The number of imide groups is 1. The van der Waals surface area contributed by atoms with E-state index in [1.807, 2.05) is 103 Å². The van der Waals surface area contributed by atoms with Gasteiger partial charge in [-0.2, -0.15) is 0 Å². The van der Waals surface area contributed by atoms with Gasteiger partial charge in [-0.05, 0) is 22.6 Å². The fourth-order valence-electron chi connectivity index (χ4n) is 4.61. The van der Waals surface area contributed by atoms with Crippen LogP contribution in [0.2, 0.25) is 0 Å². The molecular formula is C29H26N2O4. The lowest BCUT2D eigenvalue weighted by molar-refractivity contribution is -0.132. The lowest BCUT2D eigenvalue weighted by Gasteiger charge is -2.28. The molecule has 0 unspecified atom stereocenters. The highest BCUT2D eigenvalue weighted by atomic mass is 16.5. The molecule has 1 saturated heterocycles. The van der Waals surface area contributed by atoms with E-state index < -0.39 is 17.7 Å². The Balaban J connectivity index is 1.34. The number of aliphatic hydroxyl groups is 1. The third-order valence-corrected chi connectivity index (χ3v) is 6.33. The number of benzene rings is 4. The second-order valence-corrected chi connectivity index (χ2v) is 8.72. The molecule has 176 valence electrons. The van der Waals surface area contributed by atoms with Crippen LogP contribution in [-0.4, -0.2) is 41.2 Å². The summed E-state index contributed by atoms with van der Waals surface area (Å²) in [4.78, 5) is 27.8. The van der Waals surface area contributed by atoms with E-state index in [9.17, 15) is 14.7 Å². The Labute approximate surface area is 203 Å². The van der Waals surface area contributed by atoms with Crippen molar-refractivity contribution in [3.8, 4) is 5.75 Å². The highest BCUT2D eigenvalue weighted by molar-refractivity contribution is 6.07. The first-order valence-electron chi connectivity index (χ1n) is 11.6. The van der Waals surface area contributed by atoms with Crippen molar-refractivity contribution in [3.63, 3.8) is 0 Å². The first-order valence-corrected chi connectivity index (χ1v) is 11.6. The van der Waals surface area contributed by atoms with E-state index >= 15 is 0 Å². The maximum Gasteiger partial charge on any atom is 0.325 e. The summed E-state index contributed by atoms with van der Waals surface area (Å²) in [6.45, 7) is -0.221. The Morgan fingerprint density at radius 1 is 0.829 bits per heavy atom. The van der Waals surface area contributed by atoms with E-state index in [2.05, 4.69) is 5.32 Å². The maximum absolute atomic E-state index is 13.7. The molecule has 1 aliphatic rings. The number of carbonyl (C=O) groups excluding carboxylic acids is 2. The van der Waals surface area contributed by atoms with Crippen LogP contribution in [-0.2, 0) is 16.8 Å². The summed E-state index contributed by atoms with van der Waals surface area (Å²) in [6.07, 6.45) is -0.742. The van der Waals surface area contributed by atoms with Crippen LogP contribution in [0.4, 0.5) is 4.79 Å². The average Bonchev–Trinajstić information content (AvgIpc) is 3.13. The van der Waals surface area contributed by atoms with E-state index in [0.29, 0.717) is 17.7 Å². The lowest BCUT2D eigenvalue weighted by atomic mass is 9.83. The number of carbonyl (C=O) groups is 2. The summed E-state index contributed by atoms with van der Waals surface area (Å²) in [5.41, 5.74) is 0.383. The zero-order valence-electron chi connectivity index (χ0n) is 19.1. The first kappa shape index (κ1) is 22.6. The van der Waals surface area contributed by atoms with Crippen molar-refractivity contribution >= 4 is 22.7 Å². The number of nitrogens with zero attached hydrogens (tertiary/aromatic N) is 1. The Morgan fingerprint density at radius 3 is 2.26 bits per heavy atom. The number of ether oxygens (including phenoxy) is 1. The van der Waals surface area contributed by atoms with Gasteiger partial charge in [-0.15, -0.1) is 0 Å². The molecule has 0 bridgehead atoms. The van der Waals surface area contributed by atoms with Gasteiger partial charge >= 0.3 is 6.03 Å². The zero-order valence-corrected chi connectivity index (χ0v) is 19.1. The van der Waals surface area contributed by atoms with Crippen LogP contribution in [0.15, 0.2) is 103 Å². The van der Waals surface area contributed by atoms with Crippen molar-refractivity contribution in [1.82, 2.24) is 10.2 Å². The van der Waals surface area contributed by atoms with Gasteiger partial charge in [-0.25, -0.2) is 4.79 Å². The maximum atomic E-state index is 13.7. The quantitative estimate of drug-likeness (QED) is 0.380. The number of β-amino-alcohol motifs (C(OH)–C–C–N with tert-alkyl or cyclic N) is 1. The van der Waals surface area contributed by atoms with Crippen LogP contribution in [0.3, 0.4) is 0 Å². The topological polar surface area (TPSA) is 78.9 Å². The molecule has 6 nitrogen and oxygen atoms in total. The number of urea groups is 1. The van der Waals surface area contributed by atoms with Crippen LogP contribution in [0.25, 0.3) is 10.8 Å². The number of aliphatic hydroxyl groups excluding tert-OH is 1. The molecule has 2 N–H and O–H groups in total. The van der Waals surface area contributed by atoms with Crippen molar-refractivity contribution in [3.05, 3.63) is 114 Å². The van der Waals surface area contributed by atoms with Gasteiger partial charge in [0.05, 0.1) is 6.54 Å². The van der Waals surface area contributed by atoms with Crippen LogP contribution < -0.4 is 10.1 Å². The van der Waals surface area contributed by atoms with Crippen molar-refractivity contribution in [1.29, 1.82) is 0 Å². The summed E-state index contributed by atoms with van der Waals surface area (Å²) in [6, 6.07) is 31.8. The second-order valence-electron chi connectivity index (χ2n) is 8.72. The lowest BCUT2D eigenvalue weighted by Crippen LogP contribution is -2.46. The standard InChI is InChI=1S/C29H26N2O4/c32-24(20-35-26-17-9-13-22-12-7-8-16-25(22)26)19-31-27(33)29(30-28(31)34,23-14-5-2-6-15-23)18-21-10-3-1-4-11-21/h1-17,24,32H,18-20H2,(H,30,34)/t24-,29-/m1/s1. The van der Waals surface area contributed by atoms with Gasteiger partial charge in [-0.1, -0.05) is 97.1 Å².